The number of rotatable bonds is 7. The smallest absolute Gasteiger partial charge is 0.225 e. The van der Waals surface area contributed by atoms with E-state index in [1.165, 1.54) is 11.1 Å². The van der Waals surface area contributed by atoms with Crippen molar-refractivity contribution in [1.82, 2.24) is 9.97 Å². The number of aromatic nitrogens is 2. The Balaban J connectivity index is 1.67. The Morgan fingerprint density at radius 2 is 1.64 bits per heavy atom. The fourth-order valence-corrected chi connectivity index (χ4v) is 2.87. The molecule has 0 saturated heterocycles. The highest BCUT2D eigenvalue weighted by Gasteiger charge is 2.11. The minimum atomic E-state index is 0.177. The summed E-state index contributed by atoms with van der Waals surface area (Å²) in [5.74, 6) is 1.13. The Morgan fingerprint density at radius 3 is 2.28 bits per heavy atom. The lowest BCUT2D eigenvalue weighted by Crippen LogP contribution is -2.13. The number of hydrogen-bond donors (Lipinski definition) is 2. The van der Waals surface area contributed by atoms with Crippen molar-refractivity contribution in [3.63, 3.8) is 0 Å². The molecular weight excluding hydrogens is 308 g/mol. The second-order valence-electron chi connectivity index (χ2n) is 6.11. The second kappa shape index (κ2) is 8.29. The zero-order valence-corrected chi connectivity index (χ0v) is 14.5. The van der Waals surface area contributed by atoms with Crippen LogP contribution in [-0.4, -0.2) is 9.97 Å². The quantitative estimate of drug-likeness (QED) is 0.673. The topological polar surface area (TPSA) is 63.8 Å². The van der Waals surface area contributed by atoms with Gasteiger partial charge in [0.2, 0.25) is 5.95 Å². The molecule has 0 aliphatic rings. The molecule has 1 heterocycles. The highest BCUT2D eigenvalue weighted by molar-refractivity contribution is 5.44. The van der Waals surface area contributed by atoms with Gasteiger partial charge in [0.05, 0.1) is 6.04 Å². The van der Waals surface area contributed by atoms with Crippen LogP contribution in [0.25, 0.3) is 0 Å². The summed E-state index contributed by atoms with van der Waals surface area (Å²) in [6.45, 7) is 2.14. The van der Waals surface area contributed by atoms with Gasteiger partial charge in [-0.1, -0.05) is 67.6 Å². The van der Waals surface area contributed by atoms with E-state index in [2.05, 4.69) is 58.6 Å². The van der Waals surface area contributed by atoms with Gasteiger partial charge in [-0.05, 0) is 30.4 Å². The number of benzene rings is 2. The van der Waals surface area contributed by atoms with E-state index in [4.69, 9.17) is 5.73 Å². The summed E-state index contributed by atoms with van der Waals surface area (Å²) in [7, 11) is 0. The first-order chi connectivity index (χ1) is 12.3. The van der Waals surface area contributed by atoms with Gasteiger partial charge in [0, 0.05) is 11.8 Å². The molecule has 4 heteroatoms. The Bertz CT molecular complexity index is 788. The molecule has 0 fully saturated rings. The van der Waals surface area contributed by atoms with Crippen molar-refractivity contribution in [1.29, 1.82) is 0 Å². The zero-order chi connectivity index (χ0) is 17.5. The lowest BCUT2D eigenvalue weighted by Gasteiger charge is -2.18. The van der Waals surface area contributed by atoms with Gasteiger partial charge in [-0.25, -0.2) is 4.98 Å². The third-order valence-electron chi connectivity index (χ3n) is 4.34. The average Bonchev–Trinajstić information content (AvgIpc) is 2.67. The maximum atomic E-state index is 6.15. The van der Waals surface area contributed by atoms with Crippen LogP contribution in [0.1, 0.15) is 36.1 Å². The molecule has 4 nitrogen and oxygen atoms in total. The highest BCUT2D eigenvalue weighted by Crippen LogP contribution is 2.21. The van der Waals surface area contributed by atoms with Crippen LogP contribution < -0.4 is 11.1 Å². The lowest BCUT2D eigenvalue weighted by atomic mass is 10.0. The normalized spacial score (nSPS) is 11.9. The third-order valence-corrected chi connectivity index (χ3v) is 4.34. The van der Waals surface area contributed by atoms with E-state index in [0.717, 1.165) is 24.8 Å². The Kier molecular flexibility index (Phi) is 5.62. The maximum Gasteiger partial charge on any atom is 0.225 e. The molecule has 1 atom stereocenters. The first-order valence-electron chi connectivity index (χ1n) is 8.73. The van der Waals surface area contributed by atoms with Gasteiger partial charge in [-0.2, -0.15) is 4.98 Å². The van der Waals surface area contributed by atoms with Gasteiger partial charge in [0.15, 0.2) is 0 Å². The summed E-state index contributed by atoms with van der Waals surface area (Å²) in [6.07, 6.45) is 4.56. The number of nitrogens with one attached hydrogen (secondary N) is 1. The van der Waals surface area contributed by atoms with Crippen molar-refractivity contribution < 1.29 is 0 Å². The Hall–Kier alpha value is -2.88. The first-order valence-corrected chi connectivity index (χ1v) is 8.73. The molecule has 0 bridgehead atoms. The van der Waals surface area contributed by atoms with E-state index < -0.39 is 0 Å². The molecule has 3 aromatic rings. The fourth-order valence-electron chi connectivity index (χ4n) is 2.87. The molecule has 0 unspecified atom stereocenters. The van der Waals surface area contributed by atoms with Crippen molar-refractivity contribution in [2.75, 3.05) is 11.1 Å². The molecule has 0 aliphatic carbocycles. The standard InChI is InChI=1S/C21H24N4/c1-2-19(17-11-7-4-8-12-17)24-21-23-15-18(20(22)25-21)14-13-16-9-5-3-6-10-16/h3-12,15,19H,2,13-14H2,1H3,(H3,22,23,24,25)/t19-/m1/s1. The van der Waals surface area contributed by atoms with E-state index >= 15 is 0 Å². The van der Waals surface area contributed by atoms with Gasteiger partial charge in [0.1, 0.15) is 5.82 Å². The van der Waals surface area contributed by atoms with E-state index in [0.29, 0.717) is 11.8 Å². The number of anilines is 2. The first kappa shape index (κ1) is 17.0. The van der Waals surface area contributed by atoms with Gasteiger partial charge in [-0.3, -0.25) is 0 Å². The summed E-state index contributed by atoms with van der Waals surface area (Å²) in [5, 5.41) is 3.38. The second-order valence-corrected chi connectivity index (χ2v) is 6.11. The third kappa shape index (κ3) is 4.57. The van der Waals surface area contributed by atoms with Gasteiger partial charge >= 0.3 is 0 Å². The molecule has 2 aromatic carbocycles. The summed E-state index contributed by atoms with van der Waals surface area (Å²) in [6, 6.07) is 20.9. The van der Waals surface area contributed by atoms with Crippen LogP contribution in [0.2, 0.25) is 0 Å². The summed E-state index contributed by atoms with van der Waals surface area (Å²) in [4.78, 5) is 8.92. The molecule has 3 rings (SSSR count). The summed E-state index contributed by atoms with van der Waals surface area (Å²) >= 11 is 0. The monoisotopic (exact) mass is 332 g/mol. The van der Waals surface area contributed by atoms with Gasteiger partial charge < -0.3 is 11.1 Å². The van der Waals surface area contributed by atoms with Crippen molar-refractivity contribution in [3.05, 3.63) is 83.6 Å². The van der Waals surface area contributed by atoms with Gasteiger partial charge in [0.25, 0.3) is 0 Å². The zero-order valence-electron chi connectivity index (χ0n) is 14.5. The molecule has 0 saturated carbocycles. The number of nitrogens with zero attached hydrogens (tertiary/aromatic N) is 2. The number of nitrogen functional groups attached to an aromatic ring is 1. The molecule has 1 aromatic heterocycles. The van der Waals surface area contributed by atoms with Crippen LogP contribution in [0.15, 0.2) is 66.9 Å². The average molecular weight is 332 g/mol. The molecule has 0 radical (unpaired) electrons. The minimum Gasteiger partial charge on any atom is -0.383 e. The molecule has 0 spiro atoms. The molecule has 3 N–H and O–H groups in total. The molecule has 0 aliphatic heterocycles. The van der Waals surface area contributed by atoms with Crippen LogP contribution >= 0.6 is 0 Å². The molecule has 0 amide bonds. The summed E-state index contributed by atoms with van der Waals surface area (Å²) in [5.41, 5.74) is 9.65. The van der Waals surface area contributed by atoms with E-state index in [1.807, 2.05) is 30.5 Å². The maximum absolute atomic E-state index is 6.15. The lowest BCUT2D eigenvalue weighted by molar-refractivity contribution is 0.738. The fraction of sp³-hybridized carbons (Fsp3) is 0.238. The van der Waals surface area contributed by atoms with Crippen molar-refractivity contribution in [2.24, 2.45) is 0 Å². The van der Waals surface area contributed by atoms with Crippen LogP contribution in [0, 0.1) is 0 Å². The Morgan fingerprint density at radius 1 is 0.960 bits per heavy atom. The van der Waals surface area contributed by atoms with Crippen molar-refractivity contribution >= 4 is 11.8 Å². The predicted octanol–water partition coefficient (Wildman–Crippen LogP) is 4.41. The van der Waals surface area contributed by atoms with E-state index in [1.54, 1.807) is 0 Å². The van der Waals surface area contributed by atoms with Crippen LogP contribution in [0.4, 0.5) is 11.8 Å². The van der Waals surface area contributed by atoms with Crippen molar-refractivity contribution in [3.8, 4) is 0 Å². The molecule has 128 valence electrons. The van der Waals surface area contributed by atoms with Crippen LogP contribution in [0.3, 0.4) is 0 Å². The number of hydrogen-bond acceptors (Lipinski definition) is 4. The largest absolute Gasteiger partial charge is 0.383 e. The van der Waals surface area contributed by atoms with Crippen molar-refractivity contribution in [2.45, 2.75) is 32.2 Å². The van der Waals surface area contributed by atoms with Gasteiger partial charge in [-0.15, -0.1) is 0 Å². The minimum absolute atomic E-state index is 0.177. The highest BCUT2D eigenvalue weighted by atomic mass is 15.1. The molecular formula is C21H24N4. The number of nitrogens with two attached hydrogens (primary N) is 1. The van der Waals surface area contributed by atoms with E-state index in [-0.39, 0.29) is 6.04 Å². The predicted molar refractivity (Wildman–Crippen MR) is 103 cm³/mol. The SMILES string of the molecule is CC[C@@H](Nc1ncc(CCc2ccccc2)c(N)n1)c1ccccc1. The number of aryl methyl sites for hydroxylation is 2. The van der Waals surface area contributed by atoms with E-state index in [9.17, 15) is 0 Å². The van der Waals surface area contributed by atoms with Crippen LogP contribution in [-0.2, 0) is 12.8 Å². The summed E-state index contributed by atoms with van der Waals surface area (Å²) < 4.78 is 0. The molecule has 25 heavy (non-hydrogen) atoms. The van der Waals surface area contributed by atoms with Crippen LogP contribution in [0.5, 0.6) is 0 Å². The Labute approximate surface area is 149 Å².